The normalized spacial score (nSPS) is 17.9. The molecule has 3 aromatic carbocycles. The first-order chi connectivity index (χ1) is 18.1. The van der Waals surface area contributed by atoms with E-state index in [1.807, 2.05) is 36.4 Å². The van der Waals surface area contributed by atoms with Gasteiger partial charge in [0.25, 0.3) is 5.91 Å². The van der Waals surface area contributed by atoms with E-state index in [4.69, 9.17) is 14.2 Å². The average molecular weight is 516 g/mol. The highest BCUT2D eigenvalue weighted by molar-refractivity contribution is 6.25. The summed E-state index contributed by atoms with van der Waals surface area (Å²) >= 11 is 0. The minimum Gasteiger partial charge on any atom is -0.507 e. The average Bonchev–Trinajstić information content (AvgIpc) is 3.19. The Balaban J connectivity index is 1.58. The third-order valence-electron chi connectivity index (χ3n) is 7.03. The number of methoxy groups -OCH3 is 2. The summed E-state index contributed by atoms with van der Waals surface area (Å²) in [6, 6.07) is 12.6. The number of phenolic OH excluding ortho intramolecular Hbond substituents is 1. The molecule has 3 aromatic rings. The molecule has 0 saturated heterocycles. The van der Waals surface area contributed by atoms with Crippen LogP contribution in [0.25, 0.3) is 10.8 Å². The number of hydrogen-bond donors (Lipinski definition) is 3. The molecule has 0 spiro atoms. The van der Waals surface area contributed by atoms with Gasteiger partial charge in [0.2, 0.25) is 0 Å². The summed E-state index contributed by atoms with van der Waals surface area (Å²) in [6.45, 7) is 2.76. The third kappa shape index (κ3) is 3.58. The van der Waals surface area contributed by atoms with E-state index in [2.05, 4.69) is 5.32 Å². The molecule has 9 heteroatoms. The molecule has 194 valence electrons. The van der Waals surface area contributed by atoms with Crippen molar-refractivity contribution in [3.8, 4) is 23.0 Å². The summed E-state index contributed by atoms with van der Waals surface area (Å²) in [7, 11) is 2.90. The Bertz CT molecular complexity index is 1620. The maximum atomic E-state index is 13.6. The third-order valence-corrected chi connectivity index (χ3v) is 7.03. The number of aromatic hydroxyl groups is 1. The summed E-state index contributed by atoms with van der Waals surface area (Å²) in [5.41, 5.74) is -1.25. The van der Waals surface area contributed by atoms with Crippen LogP contribution in [0.5, 0.6) is 23.0 Å². The first-order valence-corrected chi connectivity index (χ1v) is 11.8. The highest BCUT2D eigenvalue weighted by Gasteiger charge is 2.55. The summed E-state index contributed by atoms with van der Waals surface area (Å²) in [5.74, 6) is -2.29. The molecule has 2 aliphatic rings. The van der Waals surface area contributed by atoms with Crippen molar-refractivity contribution in [3.05, 3.63) is 82.3 Å². The molecule has 1 heterocycles. The van der Waals surface area contributed by atoms with Crippen molar-refractivity contribution in [2.75, 3.05) is 14.2 Å². The molecule has 1 amide bonds. The van der Waals surface area contributed by atoms with E-state index >= 15 is 0 Å². The van der Waals surface area contributed by atoms with Gasteiger partial charge < -0.3 is 29.7 Å². The van der Waals surface area contributed by atoms with Crippen LogP contribution in [-0.4, -0.2) is 41.9 Å². The van der Waals surface area contributed by atoms with Crippen LogP contribution in [-0.2, 0) is 21.5 Å². The van der Waals surface area contributed by atoms with E-state index in [-0.39, 0.29) is 40.7 Å². The lowest BCUT2D eigenvalue weighted by atomic mass is 9.71. The predicted octanol–water partition coefficient (Wildman–Crippen LogP) is 4.01. The number of rotatable bonds is 6. The Morgan fingerprint density at radius 2 is 1.82 bits per heavy atom. The van der Waals surface area contributed by atoms with Gasteiger partial charge in [0.1, 0.15) is 45.3 Å². The fraction of sp³-hybridized carbons (Fsp3) is 0.207. The van der Waals surface area contributed by atoms with E-state index in [1.165, 1.54) is 20.1 Å². The SMILES string of the molecule is COc1cc(CNC(=O)c2c(OC)cc(O)c3c2OC2=CC(O)=C(C(C)=O)C(=O)[C@]23C)c2ccccc2c1. The number of benzene rings is 3. The van der Waals surface area contributed by atoms with Crippen LogP contribution in [0, 0.1) is 0 Å². The second-order valence-electron chi connectivity index (χ2n) is 9.25. The van der Waals surface area contributed by atoms with Gasteiger partial charge in [-0.2, -0.15) is 0 Å². The molecule has 0 aromatic heterocycles. The van der Waals surface area contributed by atoms with Gasteiger partial charge in [-0.25, -0.2) is 0 Å². The topological polar surface area (TPSA) is 131 Å². The maximum Gasteiger partial charge on any atom is 0.259 e. The largest absolute Gasteiger partial charge is 0.507 e. The van der Waals surface area contributed by atoms with Crippen LogP contribution >= 0.6 is 0 Å². The lowest BCUT2D eigenvalue weighted by molar-refractivity contribution is -0.123. The number of allylic oxidation sites excluding steroid dienone is 3. The minimum absolute atomic E-state index is 0.0118. The lowest BCUT2D eigenvalue weighted by Crippen LogP contribution is -2.38. The summed E-state index contributed by atoms with van der Waals surface area (Å²) < 4.78 is 16.7. The van der Waals surface area contributed by atoms with Gasteiger partial charge >= 0.3 is 0 Å². The van der Waals surface area contributed by atoms with Gasteiger partial charge in [-0.1, -0.05) is 24.3 Å². The number of ketones is 2. The van der Waals surface area contributed by atoms with E-state index in [9.17, 15) is 24.6 Å². The Hall–Kier alpha value is -4.79. The lowest BCUT2D eigenvalue weighted by Gasteiger charge is -2.27. The Kier molecular flexibility index (Phi) is 5.86. The highest BCUT2D eigenvalue weighted by atomic mass is 16.5. The van der Waals surface area contributed by atoms with Gasteiger partial charge in [0.05, 0.1) is 19.8 Å². The van der Waals surface area contributed by atoms with Gasteiger partial charge in [-0.05, 0) is 42.3 Å². The van der Waals surface area contributed by atoms with Crippen molar-refractivity contribution in [2.24, 2.45) is 0 Å². The Labute approximate surface area is 217 Å². The second-order valence-corrected chi connectivity index (χ2v) is 9.25. The standard InChI is InChI=1S/C29H25NO8/c1-14(31)23-19(32)12-22-29(2,27(23)34)25-20(33)11-21(37-4)24(26(25)38-22)28(35)30-13-16-10-17(36-3)9-15-7-5-6-8-18(15)16/h5-12,32-33H,13H2,1-4H3,(H,30,35)/t29-/m1/s1. The number of carbonyl (C=O) groups is 3. The molecule has 3 N–H and O–H groups in total. The number of amides is 1. The molecule has 1 aliphatic heterocycles. The summed E-state index contributed by atoms with van der Waals surface area (Å²) in [5, 5.41) is 26.0. The number of nitrogens with one attached hydrogen (secondary N) is 1. The monoisotopic (exact) mass is 515 g/mol. The fourth-order valence-corrected chi connectivity index (χ4v) is 5.11. The number of fused-ring (bicyclic) bond motifs is 4. The predicted molar refractivity (Wildman–Crippen MR) is 138 cm³/mol. The Morgan fingerprint density at radius 1 is 1.08 bits per heavy atom. The van der Waals surface area contributed by atoms with Crippen molar-refractivity contribution in [1.29, 1.82) is 0 Å². The van der Waals surface area contributed by atoms with Gasteiger partial charge in [-0.3, -0.25) is 14.4 Å². The van der Waals surface area contributed by atoms with E-state index in [0.29, 0.717) is 5.75 Å². The zero-order valence-electron chi connectivity index (χ0n) is 21.2. The first kappa shape index (κ1) is 24.9. The molecule has 1 atom stereocenters. The number of phenols is 1. The summed E-state index contributed by atoms with van der Waals surface area (Å²) in [6.07, 6.45) is 1.16. The van der Waals surface area contributed by atoms with E-state index < -0.39 is 34.2 Å². The van der Waals surface area contributed by atoms with Crippen molar-refractivity contribution >= 4 is 28.2 Å². The molecular weight excluding hydrogens is 490 g/mol. The van der Waals surface area contributed by atoms with Crippen LogP contribution in [0.15, 0.2) is 65.6 Å². The number of ether oxygens (including phenoxy) is 3. The number of Topliss-reactive ketones (excluding diaryl/α,β-unsaturated/α-hetero) is 2. The molecule has 38 heavy (non-hydrogen) atoms. The minimum atomic E-state index is -1.63. The van der Waals surface area contributed by atoms with Crippen LogP contribution in [0.3, 0.4) is 0 Å². The highest BCUT2D eigenvalue weighted by Crippen LogP contribution is 2.56. The smallest absolute Gasteiger partial charge is 0.259 e. The molecule has 0 saturated carbocycles. The number of hydrogen-bond acceptors (Lipinski definition) is 8. The van der Waals surface area contributed by atoms with E-state index in [0.717, 1.165) is 29.3 Å². The first-order valence-electron chi connectivity index (χ1n) is 11.8. The number of carbonyl (C=O) groups excluding carboxylic acids is 3. The van der Waals surface area contributed by atoms with Crippen LogP contribution in [0.4, 0.5) is 0 Å². The van der Waals surface area contributed by atoms with Crippen molar-refractivity contribution < 1.29 is 38.8 Å². The zero-order chi connectivity index (χ0) is 27.4. The zero-order valence-corrected chi connectivity index (χ0v) is 21.2. The maximum absolute atomic E-state index is 13.6. The number of aliphatic hydroxyl groups is 1. The van der Waals surface area contributed by atoms with E-state index in [1.54, 1.807) is 7.11 Å². The van der Waals surface area contributed by atoms with Gasteiger partial charge in [0.15, 0.2) is 17.3 Å². The fourth-order valence-electron chi connectivity index (χ4n) is 5.11. The number of aliphatic hydroxyl groups excluding tert-OH is 1. The van der Waals surface area contributed by atoms with Crippen LogP contribution in [0.1, 0.15) is 35.3 Å². The van der Waals surface area contributed by atoms with Crippen molar-refractivity contribution in [1.82, 2.24) is 5.32 Å². The molecular formula is C29H25NO8. The molecule has 0 bridgehead atoms. The summed E-state index contributed by atoms with van der Waals surface area (Å²) in [4.78, 5) is 39.1. The molecule has 0 unspecified atom stereocenters. The van der Waals surface area contributed by atoms with Crippen molar-refractivity contribution in [2.45, 2.75) is 25.8 Å². The molecule has 0 radical (unpaired) electrons. The van der Waals surface area contributed by atoms with Crippen LogP contribution in [0.2, 0.25) is 0 Å². The second kappa shape index (κ2) is 8.95. The van der Waals surface area contributed by atoms with Gasteiger partial charge in [0, 0.05) is 18.7 Å². The molecule has 5 rings (SSSR count). The molecule has 0 fully saturated rings. The molecule has 1 aliphatic carbocycles. The van der Waals surface area contributed by atoms with Crippen molar-refractivity contribution in [3.63, 3.8) is 0 Å². The van der Waals surface area contributed by atoms with Gasteiger partial charge in [-0.15, -0.1) is 0 Å². The molecule has 9 nitrogen and oxygen atoms in total. The van der Waals surface area contributed by atoms with Crippen LogP contribution < -0.4 is 19.5 Å². The Morgan fingerprint density at radius 3 is 2.50 bits per heavy atom. The quantitative estimate of drug-likeness (QED) is 0.420.